The van der Waals surface area contributed by atoms with Gasteiger partial charge in [-0.15, -0.1) is 0 Å². The van der Waals surface area contributed by atoms with Gasteiger partial charge >= 0.3 is 0 Å². The smallest absolute Gasteiger partial charge is 0.215 e. The molecule has 0 fully saturated rings. The monoisotopic (exact) mass is 183 g/mol. The maximum Gasteiger partial charge on any atom is 0.215 e. The zero-order valence-electron chi connectivity index (χ0n) is 8.07. The van der Waals surface area contributed by atoms with Gasteiger partial charge in [-0.3, -0.25) is 4.98 Å². The van der Waals surface area contributed by atoms with Gasteiger partial charge in [-0.25, -0.2) is 0 Å². The third kappa shape index (κ3) is 0.970. The summed E-state index contributed by atoms with van der Waals surface area (Å²) in [5.74, 6) is 0. The molecule has 3 heterocycles. The van der Waals surface area contributed by atoms with Gasteiger partial charge in [0.15, 0.2) is 12.7 Å². The Morgan fingerprint density at radius 1 is 1.36 bits per heavy atom. The highest BCUT2D eigenvalue weighted by Gasteiger charge is 2.25. The molecular weight excluding hydrogens is 172 g/mol. The second-order valence-electron chi connectivity index (χ2n) is 3.75. The van der Waals surface area contributed by atoms with Crippen LogP contribution in [0.2, 0.25) is 0 Å². The molecule has 0 radical (unpaired) electrons. The van der Waals surface area contributed by atoms with E-state index in [1.54, 1.807) is 0 Å². The standard InChI is InChI=1S/C12H11N2/c1-9-3-5-14-8-10-2-4-13-7-11(10)12(14)6-9/h2-7H,8H2,1H3/q+1. The van der Waals surface area contributed by atoms with Gasteiger partial charge in [0.05, 0.1) is 5.56 Å². The second kappa shape index (κ2) is 2.64. The Kier molecular flexibility index (Phi) is 1.45. The zero-order valence-corrected chi connectivity index (χ0v) is 8.07. The highest BCUT2D eigenvalue weighted by Crippen LogP contribution is 2.25. The molecule has 3 rings (SSSR count). The van der Waals surface area contributed by atoms with Gasteiger partial charge < -0.3 is 0 Å². The molecule has 2 aromatic rings. The van der Waals surface area contributed by atoms with Crippen LogP contribution in [-0.4, -0.2) is 4.98 Å². The van der Waals surface area contributed by atoms with Crippen LogP contribution >= 0.6 is 0 Å². The normalized spacial score (nSPS) is 12.4. The number of hydrogen-bond acceptors (Lipinski definition) is 1. The van der Waals surface area contributed by atoms with E-state index in [1.165, 1.54) is 22.4 Å². The van der Waals surface area contributed by atoms with Crippen LogP contribution in [0.1, 0.15) is 11.1 Å². The van der Waals surface area contributed by atoms with Crippen LogP contribution in [0.25, 0.3) is 11.3 Å². The van der Waals surface area contributed by atoms with E-state index < -0.39 is 0 Å². The first kappa shape index (κ1) is 7.68. The summed E-state index contributed by atoms with van der Waals surface area (Å²) in [5, 5.41) is 0. The van der Waals surface area contributed by atoms with Crippen LogP contribution in [-0.2, 0) is 6.54 Å². The van der Waals surface area contributed by atoms with E-state index in [2.05, 4.69) is 40.9 Å². The fourth-order valence-electron chi connectivity index (χ4n) is 1.98. The Morgan fingerprint density at radius 3 is 3.21 bits per heavy atom. The molecule has 0 unspecified atom stereocenters. The van der Waals surface area contributed by atoms with Crippen molar-refractivity contribution in [1.29, 1.82) is 0 Å². The lowest BCUT2D eigenvalue weighted by atomic mass is 10.1. The van der Waals surface area contributed by atoms with Gasteiger partial charge in [-0.1, -0.05) is 0 Å². The second-order valence-corrected chi connectivity index (χ2v) is 3.75. The summed E-state index contributed by atoms with van der Waals surface area (Å²) in [7, 11) is 0. The summed E-state index contributed by atoms with van der Waals surface area (Å²) < 4.78 is 2.26. The van der Waals surface area contributed by atoms with E-state index in [1.807, 2.05) is 12.4 Å². The van der Waals surface area contributed by atoms with E-state index in [9.17, 15) is 0 Å². The predicted octanol–water partition coefficient (Wildman–Crippen LogP) is 1.71. The molecule has 0 bridgehead atoms. The average molecular weight is 183 g/mol. The van der Waals surface area contributed by atoms with Crippen molar-refractivity contribution in [3.63, 3.8) is 0 Å². The number of nitrogens with zero attached hydrogens (tertiary/aromatic N) is 2. The number of hydrogen-bond donors (Lipinski definition) is 0. The third-order valence-electron chi connectivity index (χ3n) is 2.72. The number of rotatable bonds is 0. The van der Waals surface area contributed by atoms with Crippen molar-refractivity contribution >= 4 is 0 Å². The van der Waals surface area contributed by atoms with Crippen molar-refractivity contribution in [3.05, 3.63) is 47.9 Å². The topological polar surface area (TPSA) is 16.8 Å². The molecule has 0 atom stereocenters. The number of aromatic nitrogens is 2. The molecular formula is C12H11N2+. The lowest BCUT2D eigenvalue weighted by Crippen LogP contribution is -2.31. The minimum atomic E-state index is 0.980. The number of fused-ring (bicyclic) bond motifs is 3. The Morgan fingerprint density at radius 2 is 2.29 bits per heavy atom. The summed E-state index contributed by atoms with van der Waals surface area (Å²) in [6.07, 6.45) is 5.95. The third-order valence-corrected chi connectivity index (χ3v) is 2.72. The summed E-state index contributed by atoms with van der Waals surface area (Å²) >= 11 is 0. The van der Waals surface area contributed by atoms with Crippen LogP contribution < -0.4 is 4.57 Å². The lowest BCUT2D eigenvalue weighted by molar-refractivity contribution is -0.672. The maximum absolute atomic E-state index is 4.17. The van der Waals surface area contributed by atoms with Gasteiger partial charge in [-0.05, 0) is 18.6 Å². The van der Waals surface area contributed by atoms with Gasteiger partial charge in [0.25, 0.3) is 0 Å². The Bertz CT molecular complexity index is 503. The van der Waals surface area contributed by atoms with Crippen molar-refractivity contribution in [2.24, 2.45) is 0 Å². The summed E-state index contributed by atoms with van der Waals surface area (Å²) in [6, 6.07) is 6.45. The fourth-order valence-corrected chi connectivity index (χ4v) is 1.98. The van der Waals surface area contributed by atoms with Crippen LogP contribution in [0, 0.1) is 6.92 Å². The quantitative estimate of drug-likeness (QED) is 0.485. The molecule has 0 aromatic carbocycles. The summed E-state index contributed by atoms with van der Waals surface area (Å²) in [4.78, 5) is 4.17. The molecule has 2 aromatic heterocycles. The number of aryl methyl sites for hydroxylation is 1. The van der Waals surface area contributed by atoms with Crippen molar-refractivity contribution < 1.29 is 4.57 Å². The van der Waals surface area contributed by atoms with E-state index in [0.717, 1.165) is 6.54 Å². The predicted molar refractivity (Wildman–Crippen MR) is 53.7 cm³/mol. The molecule has 1 aliphatic rings. The van der Waals surface area contributed by atoms with Crippen molar-refractivity contribution in [1.82, 2.24) is 4.98 Å². The van der Waals surface area contributed by atoms with Crippen LogP contribution in [0.3, 0.4) is 0 Å². The molecule has 0 amide bonds. The Labute approximate surface area is 82.9 Å². The summed E-state index contributed by atoms with van der Waals surface area (Å²) in [6.45, 7) is 3.10. The van der Waals surface area contributed by atoms with Gasteiger partial charge in [0.2, 0.25) is 5.69 Å². The highest BCUT2D eigenvalue weighted by atomic mass is 15.0. The molecule has 68 valence electrons. The van der Waals surface area contributed by atoms with Crippen LogP contribution in [0.15, 0.2) is 36.8 Å². The minimum absolute atomic E-state index is 0.980. The molecule has 0 saturated carbocycles. The molecule has 0 saturated heterocycles. The van der Waals surface area contributed by atoms with E-state index in [0.29, 0.717) is 0 Å². The average Bonchev–Trinajstić information content (AvgIpc) is 2.56. The highest BCUT2D eigenvalue weighted by molar-refractivity contribution is 5.62. The van der Waals surface area contributed by atoms with E-state index in [-0.39, 0.29) is 0 Å². The first-order chi connectivity index (χ1) is 6.84. The Balaban J connectivity index is 2.30. The SMILES string of the molecule is Cc1cc[n+]2c(c1)-c1cnccc1C2. The van der Waals surface area contributed by atoms with E-state index in [4.69, 9.17) is 0 Å². The molecule has 14 heavy (non-hydrogen) atoms. The molecule has 0 N–H and O–H groups in total. The van der Waals surface area contributed by atoms with Crippen molar-refractivity contribution in [2.75, 3.05) is 0 Å². The minimum Gasteiger partial charge on any atom is -0.264 e. The largest absolute Gasteiger partial charge is 0.264 e. The zero-order chi connectivity index (χ0) is 9.54. The fraction of sp³-hybridized carbons (Fsp3) is 0.167. The van der Waals surface area contributed by atoms with E-state index >= 15 is 0 Å². The summed E-state index contributed by atoms with van der Waals surface area (Å²) in [5.41, 5.74) is 5.22. The van der Waals surface area contributed by atoms with Crippen molar-refractivity contribution in [2.45, 2.75) is 13.5 Å². The number of pyridine rings is 2. The maximum atomic E-state index is 4.17. The molecule has 2 heteroatoms. The molecule has 1 aliphatic heterocycles. The van der Waals surface area contributed by atoms with Crippen LogP contribution in [0.5, 0.6) is 0 Å². The molecule has 0 aliphatic carbocycles. The van der Waals surface area contributed by atoms with Gasteiger partial charge in [0, 0.05) is 30.1 Å². The van der Waals surface area contributed by atoms with Gasteiger partial charge in [0.1, 0.15) is 0 Å². The Hall–Kier alpha value is -1.70. The van der Waals surface area contributed by atoms with Gasteiger partial charge in [-0.2, -0.15) is 4.57 Å². The van der Waals surface area contributed by atoms with Crippen molar-refractivity contribution in [3.8, 4) is 11.3 Å². The first-order valence-corrected chi connectivity index (χ1v) is 4.78. The molecule has 2 nitrogen and oxygen atoms in total. The first-order valence-electron chi connectivity index (χ1n) is 4.78. The molecule has 0 spiro atoms. The lowest BCUT2D eigenvalue weighted by Gasteiger charge is -1.94. The van der Waals surface area contributed by atoms with Crippen LogP contribution in [0.4, 0.5) is 0 Å².